The van der Waals surface area contributed by atoms with Gasteiger partial charge in [0.1, 0.15) is 0 Å². The summed E-state index contributed by atoms with van der Waals surface area (Å²) in [5.74, 6) is 0.796. The molecule has 134 valence electrons. The summed E-state index contributed by atoms with van der Waals surface area (Å²) < 4.78 is 0. The fourth-order valence-corrected chi connectivity index (χ4v) is 3.82. The second kappa shape index (κ2) is 9.06. The van der Waals surface area contributed by atoms with Crippen LogP contribution in [0.15, 0.2) is 34.6 Å². The molecule has 0 bridgehead atoms. The molecule has 1 aliphatic heterocycles. The molecule has 25 heavy (non-hydrogen) atoms. The average Bonchev–Trinajstić information content (AvgIpc) is 3.30. The first kappa shape index (κ1) is 18.0. The Hall–Kier alpha value is -1.79. The summed E-state index contributed by atoms with van der Waals surface area (Å²) in [6, 6.07) is 7.82. The summed E-state index contributed by atoms with van der Waals surface area (Å²) in [4.78, 5) is 11.4. The molecule has 0 unspecified atom stereocenters. The Morgan fingerprint density at radius 2 is 2.00 bits per heavy atom. The SMILES string of the molecule is CN=C(NCCc1csc(N2CCCC2)n1)NCc1ccc(Cl)cc1. The maximum Gasteiger partial charge on any atom is 0.191 e. The first-order valence-corrected chi connectivity index (χ1v) is 9.88. The van der Waals surface area contributed by atoms with Gasteiger partial charge in [0.15, 0.2) is 11.1 Å². The molecular weight excluding hydrogens is 354 g/mol. The molecule has 2 heterocycles. The smallest absolute Gasteiger partial charge is 0.191 e. The highest BCUT2D eigenvalue weighted by molar-refractivity contribution is 7.13. The van der Waals surface area contributed by atoms with Crippen molar-refractivity contribution in [2.24, 2.45) is 4.99 Å². The second-order valence-electron chi connectivity index (χ2n) is 6.04. The standard InChI is InChI=1S/C18H24ClN5S/c1-20-17(22-12-14-4-6-15(19)7-5-14)21-9-8-16-13-25-18(23-16)24-10-2-3-11-24/h4-7,13H,2-3,8-12H2,1H3,(H2,20,21,22). The zero-order valence-corrected chi connectivity index (χ0v) is 16.0. The molecule has 2 aromatic rings. The molecule has 1 aromatic heterocycles. The molecule has 7 heteroatoms. The summed E-state index contributed by atoms with van der Waals surface area (Å²) in [5, 5.41) is 10.7. The minimum atomic E-state index is 0.715. The van der Waals surface area contributed by atoms with Crippen molar-refractivity contribution in [2.45, 2.75) is 25.8 Å². The van der Waals surface area contributed by atoms with Gasteiger partial charge in [-0.05, 0) is 30.5 Å². The Bertz CT molecular complexity index is 692. The van der Waals surface area contributed by atoms with Crippen LogP contribution < -0.4 is 15.5 Å². The van der Waals surface area contributed by atoms with Crippen LogP contribution in [0, 0.1) is 0 Å². The van der Waals surface area contributed by atoms with E-state index in [0.717, 1.165) is 47.9 Å². The number of hydrogen-bond donors (Lipinski definition) is 2. The molecule has 0 aliphatic carbocycles. The molecule has 1 aliphatic rings. The van der Waals surface area contributed by atoms with Crippen LogP contribution in [-0.4, -0.2) is 37.6 Å². The monoisotopic (exact) mass is 377 g/mol. The van der Waals surface area contributed by atoms with Gasteiger partial charge in [-0.15, -0.1) is 11.3 Å². The van der Waals surface area contributed by atoms with Gasteiger partial charge in [-0.3, -0.25) is 4.99 Å². The number of nitrogens with zero attached hydrogens (tertiary/aromatic N) is 3. The van der Waals surface area contributed by atoms with Crippen LogP contribution in [-0.2, 0) is 13.0 Å². The summed E-state index contributed by atoms with van der Waals surface area (Å²) in [6.45, 7) is 3.81. The second-order valence-corrected chi connectivity index (χ2v) is 7.32. The van der Waals surface area contributed by atoms with E-state index in [9.17, 15) is 0 Å². The first-order valence-electron chi connectivity index (χ1n) is 8.63. The maximum absolute atomic E-state index is 5.91. The van der Waals surface area contributed by atoms with E-state index in [-0.39, 0.29) is 0 Å². The molecule has 1 aromatic carbocycles. The Kier molecular flexibility index (Phi) is 6.53. The predicted octanol–water partition coefficient (Wildman–Crippen LogP) is 3.30. The third-order valence-electron chi connectivity index (χ3n) is 4.19. The van der Waals surface area contributed by atoms with Crippen LogP contribution in [0.5, 0.6) is 0 Å². The zero-order valence-electron chi connectivity index (χ0n) is 14.5. The van der Waals surface area contributed by atoms with Crippen LogP contribution >= 0.6 is 22.9 Å². The summed E-state index contributed by atoms with van der Waals surface area (Å²) in [6.07, 6.45) is 3.46. The lowest BCUT2D eigenvalue weighted by Gasteiger charge is -2.12. The minimum Gasteiger partial charge on any atom is -0.356 e. The van der Waals surface area contributed by atoms with Gasteiger partial charge in [0.05, 0.1) is 5.69 Å². The lowest BCUT2D eigenvalue weighted by molar-refractivity contribution is 0.785. The first-order chi connectivity index (χ1) is 12.2. The van der Waals surface area contributed by atoms with Crippen LogP contribution in [0.3, 0.4) is 0 Å². The Labute approximate surface area is 158 Å². The number of anilines is 1. The summed E-state index contributed by atoms with van der Waals surface area (Å²) in [5.41, 5.74) is 2.31. The Balaban J connectivity index is 1.41. The van der Waals surface area contributed by atoms with Gasteiger partial charge in [-0.25, -0.2) is 4.98 Å². The zero-order chi connectivity index (χ0) is 17.5. The molecule has 5 nitrogen and oxygen atoms in total. The number of aromatic nitrogens is 1. The van der Waals surface area contributed by atoms with Gasteiger partial charge in [-0.1, -0.05) is 23.7 Å². The van der Waals surface area contributed by atoms with Crippen LogP contribution in [0.2, 0.25) is 5.02 Å². The molecule has 2 N–H and O–H groups in total. The molecule has 0 amide bonds. The van der Waals surface area contributed by atoms with Crippen molar-refractivity contribution in [1.29, 1.82) is 0 Å². The predicted molar refractivity (Wildman–Crippen MR) is 107 cm³/mol. The fourth-order valence-electron chi connectivity index (χ4n) is 2.78. The van der Waals surface area contributed by atoms with Crippen molar-refractivity contribution in [3.05, 3.63) is 45.9 Å². The molecule has 0 atom stereocenters. The molecule has 0 radical (unpaired) electrons. The van der Waals surface area contributed by atoms with E-state index in [2.05, 4.69) is 25.9 Å². The molecule has 1 fully saturated rings. The number of hydrogen-bond acceptors (Lipinski definition) is 4. The lowest BCUT2D eigenvalue weighted by Crippen LogP contribution is -2.37. The van der Waals surface area contributed by atoms with Crippen molar-refractivity contribution in [1.82, 2.24) is 15.6 Å². The van der Waals surface area contributed by atoms with E-state index in [1.807, 2.05) is 24.3 Å². The Morgan fingerprint density at radius 3 is 2.72 bits per heavy atom. The van der Waals surface area contributed by atoms with Crippen molar-refractivity contribution in [2.75, 3.05) is 31.6 Å². The average molecular weight is 378 g/mol. The van der Waals surface area contributed by atoms with Crippen LogP contribution in [0.1, 0.15) is 24.1 Å². The van der Waals surface area contributed by atoms with Gasteiger partial charge < -0.3 is 15.5 Å². The normalized spacial score (nSPS) is 14.8. The largest absolute Gasteiger partial charge is 0.356 e. The van der Waals surface area contributed by atoms with Gasteiger partial charge in [-0.2, -0.15) is 0 Å². The van der Waals surface area contributed by atoms with Gasteiger partial charge >= 0.3 is 0 Å². The minimum absolute atomic E-state index is 0.715. The molecular formula is C18H24ClN5S. The highest BCUT2D eigenvalue weighted by Gasteiger charge is 2.15. The van der Waals surface area contributed by atoms with E-state index in [1.54, 1.807) is 18.4 Å². The van der Waals surface area contributed by atoms with E-state index in [4.69, 9.17) is 16.6 Å². The number of nitrogens with one attached hydrogen (secondary N) is 2. The fraction of sp³-hybridized carbons (Fsp3) is 0.444. The lowest BCUT2D eigenvalue weighted by atomic mass is 10.2. The van der Waals surface area contributed by atoms with Crippen LogP contribution in [0.25, 0.3) is 0 Å². The van der Waals surface area contributed by atoms with Crippen molar-refractivity contribution in [3.8, 4) is 0 Å². The van der Waals surface area contributed by atoms with Crippen LogP contribution in [0.4, 0.5) is 5.13 Å². The van der Waals surface area contributed by atoms with E-state index >= 15 is 0 Å². The number of halogens is 1. The number of aliphatic imine (C=N–C) groups is 1. The van der Waals surface area contributed by atoms with Crippen molar-refractivity contribution in [3.63, 3.8) is 0 Å². The number of guanidine groups is 1. The van der Waals surface area contributed by atoms with E-state index in [0.29, 0.717) is 6.54 Å². The van der Waals surface area contributed by atoms with Crippen molar-refractivity contribution < 1.29 is 0 Å². The maximum atomic E-state index is 5.91. The molecule has 0 saturated carbocycles. The molecule has 1 saturated heterocycles. The molecule has 0 spiro atoms. The summed E-state index contributed by atoms with van der Waals surface area (Å²) in [7, 11) is 1.78. The third-order valence-corrected chi connectivity index (χ3v) is 5.39. The number of thiazole rings is 1. The van der Waals surface area contributed by atoms with Gasteiger partial charge in [0.2, 0.25) is 0 Å². The Morgan fingerprint density at radius 1 is 1.24 bits per heavy atom. The third kappa shape index (κ3) is 5.34. The highest BCUT2D eigenvalue weighted by atomic mass is 35.5. The quantitative estimate of drug-likeness (QED) is 0.599. The number of rotatable bonds is 6. The van der Waals surface area contributed by atoms with E-state index < -0.39 is 0 Å². The van der Waals surface area contributed by atoms with Gasteiger partial charge in [0, 0.05) is 50.1 Å². The van der Waals surface area contributed by atoms with Gasteiger partial charge in [0.25, 0.3) is 0 Å². The number of benzene rings is 1. The highest BCUT2D eigenvalue weighted by Crippen LogP contribution is 2.24. The van der Waals surface area contributed by atoms with E-state index in [1.165, 1.54) is 18.4 Å². The molecule has 3 rings (SSSR count). The van der Waals surface area contributed by atoms with Crippen molar-refractivity contribution >= 4 is 34.0 Å². The summed E-state index contributed by atoms with van der Waals surface area (Å²) >= 11 is 7.66. The topological polar surface area (TPSA) is 52.6 Å².